The van der Waals surface area contributed by atoms with Gasteiger partial charge >= 0.3 is 0 Å². The molecule has 0 aliphatic carbocycles. The van der Waals surface area contributed by atoms with Crippen LogP contribution in [0.4, 0.5) is 0 Å². The first-order valence-electron chi connectivity index (χ1n) is 5.90. The van der Waals surface area contributed by atoms with E-state index in [4.69, 9.17) is 0 Å². The molecule has 1 saturated heterocycles. The first-order chi connectivity index (χ1) is 7.84. The Morgan fingerprint density at radius 3 is 2.94 bits per heavy atom. The number of hydrogen-bond acceptors (Lipinski definition) is 3. The molecule has 2 aromatic rings. The molecule has 1 aliphatic rings. The molecular formula is C13H16N2S. The van der Waals surface area contributed by atoms with Gasteiger partial charge in [0.15, 0.2) is 0 Å². The first kappa shape index (κ1) is 10.2. The lowest BCUT2D eigenvalue weighted by Crippen LogP contribution is -2.26. The van der Waals surface area contributed by atoms with E-state index in [-0.39, 0.29) is 0 Å². The van der Waals surface area contributed by atoms with Crippen molar-refractivity contribution in [1.29, 1.82) is 0 Å². The highest BCUT2D eigenvalue weighted by Gasteiger charge is 2.18. The molecule has 3 heterocycles. The first-order valence-corrected chi connectivity index (χ1v) is 6.78. The van der Waals surface area contributed by atoms with E-state index >= 15 is 0 Å². The van der Waals surface area contributed by atoms with Gasteiger partial charge in [-0.15, -0.1) is 11.3 Å². The van der Waals surface area contributed by atoms with Gasteiger partial charge in [0.25, 0.3) is 0 Å². The van der Waals surface area contributed by atoms with Crippen molar-refractivity contribution in [3.63, 3.8) is 0 Å². The lowest BCUT2D eigenvalue weighted by molar-refractivity contribution is 0.463. The van der Waals surface area contributed by atoms with Gasteiger partial charge in [-0.25, -0.2) is 4.98 Å². The molecule has 0 unspecified atom stereocenters. The largest absolute Gasteiger partial charge is 0.317 e. The van der Waals surface area contributed by atoms with E-state index < -0.39 is 0 Å². The summed E-state index contributed by atoms with van der Waals surface area (Å²) in [6.07, 6.45) is 2.53. The van der Waals surface area contributed by atoms with Gasteiger partial charge in [0.1, 0.15) is 4.83 Å². The van der Waals surface area contributed by atoms with Gasteiger partial charge < -0.3 is 5.32 Å². The normalized spacial score (nSPS) is 18.1. The van der Waals surface area contributed by atoms with Crippen LogP contribution in [0.15, 0.2) is 17.5 Å². The Morgan fingerprint density at radius 2 is 2.12 bits per heavy atom. The summed E-state index contributed by atoms with van der Waals surface area (Å²) in [5, 5.41) is 7.11. The fourth-order valence-corrected chi connectivity index (χ4v) is 3.54. The molecule has 3 heteroatoms. The number of fused-ring (bicyclic) bond motifs is 1. The Bertz CT molecular complexity index is 498. The predicted octanol–water partition coefficient (Wildman–Crippen LogP) is 3.07. The molecule has 16 heavy (non-hydrogen) atoms. The Labute approximate surface area is 99.7 Å². The molecule has 3 rings (SSSR count). The third-order valence-electron chi connectivity index (χ3n) is 3.39. The number of pyridine rings is 1. The molecule has 1 fully saturated rings. The monoisotopic (exact) mass is 232 g/mol. The average molecular weight is 232 g/mol. The molecule has 0 bridgehead atoms. The minimum absolute atomic E-state index is 0.736. The lowest BCUT2D eigenvalue weighted by atomic mass is 9.90. The van der Waals surface area contributed by atoms with E-state index in [1.54, 1.807) is 11.3 Å². The van der Waals surface area contributed by atoms with Gasteiger partial charge in [0.05, 0.1) is 0 Å². The lowest BCUT2D eigenvalue weighted by Gasteiger charge is -2.22. The van der Waals surface area contributed by atoms with Crippen molar-refractivity contribution in [2.75, 3.05) is 13.1 Å². The molecule has 0 saturated carbocycles. The SMILES string of the molecule is Cc1ccc2c(C3CCNCC3)csc2n1. The van der Waals surface area contributed by atoms with E-state index in [1.165, 1.54) is 28.6 Å². The highest BCUT2D eigenvalue weighted by Crippen LogP contribution is 2.34. The number of piperidine rings is 1. The molecule has 1 N–H and O–H groups in total. The molecule has 0 amide bonds. The Hall–Kier alpha value is -0.930. The Morgan fingerprint density at radius 1 is 1.31 bits per heavy atom. The number of nitrogens with one attached hydrogen (secondary N) is 1. The van der Waals surface area contributed by atoms with E-state index in [2.05, 4.69) is 34.7 Å². The molecule has 0 spiro atoms. The van der Waals surface area contributed by atoms with Crippen molar-refractivity contribution >= 4 is 21.6 Å². The summed E-state index contributed by atoms with van der Waals surface area (Å²) < 4.78 is 0. The standard InChI is InChI=1S/C13H16N2S/c1-9-2-3-11-12(8-16-13(11)15-9)10-4-6-14-7-5-10/h2-3,8,10,14H,4-7H2,1H3. The zero-order valence-corrected chi connectivity index (χ0v) is 10.3. The highest BCUT2D eigenvalue weighted by atomic mass is 32.1. The maximum Gasteiger partial charge on any atom is 0.123 e. The quantitative estimate of drug-likeness (QED) is 0.817. The zero-order chi connectivity index (χ0) is 11.0. The van der Waals surface area contributed by atoms with E-state index in [0.717, 1.165) is 24.7 Å². The van der Waals surface area contributed by atoms with E-state index in [0.29, 0.717) is 0 Å². The molecular weight excluding hydrogens is 216 g/mol. The van der Waals surface area contributed by atoms with Gasteiger partial charge in [0.2, 0.25) is 0 Å². The molecule has 84 valence electrons. The molecule has 0 radical (unpaired) electrons. The number of rotatable bonds is 1. The Balaban J connectivity index is 2.03. The van der Waals surface area contributed by atoms with Gasteiger partial charge in [-0.3, -0.25) is 0 Å². The third kappa shape index (κ3) is 1.74. The summed E-state index contributed by atoms with van der Waals surface area (Å²) in [5.41, 5.74) is 2.64. The molecule has 1 aliphatic heterocycles. The van der Waals surface area contributed by atoms with Gasteiger partial charge in [-0.2, -0.15) is 0 Å². The van der Waals surface area contributed by atoms with Crippen LogP contribution in [-0.4, -0.2) is 18.1 Å². The molecule has 0 aromatic carbocycles. The summed E-state index contributed by atoms with van der Waals surface area (Å²) >= 11 is 1.79. The summed E-state index contributed by atoms with van der Waals surface area (Å²) in [4.78, 5) is 5.80. The molecule has 2 nitrogen and oxygen atoms in total. The van der Waals surface area contributed by atoms with Crippen LogP contribution in [0.2, 0.25) is 0 Å². The van der Waals surface area contributed by atoms with Crippen LogP contribution in [0, 0.1) is 6.92 Å². The highest BCUT2D eigenvalue weighted by molar-refractivity contribution is 7.16. The second kappa shape index (κ2) is 4.15. The maximum absolute atomic E-state index is 4.59. The van der Waals surface area contributed by atoms with Crippen molar-refractivity contribution in [3.05, 3.63) is 28.8 Å². The minimum Gasteiger partial charge on any atom is -0.317 e. The molecule has 2 aromatic heterocycles. The third-order valence-corrected chi connectivity index (χ3v) is 4.29. The maximum atomic E-state index is 4.59. The fourth-order valence-electron chi connectivity index (χ4n) is 2.47. The number of hydrogen-bond donors (Lipinski definition) is 1. The summed E-state index contributed by atoms with van der Waals surface area (Å²) in [6, 6.07) is 4.37. The number of thiophene rings is 1. The van der Waals surface area contributed by atoms with Crippen LogP contribution < -0.4 is 5.32 Å². The smallest absolute Gasteiger partial charge is 0.123 e. The van der Waals surface area contributed by atoms with Crippen molar-refractivity contribution in [3.8, 4) is 0 Å². The van der Waals surface area contributed by atoms with Gasteiger partial charge in [0, 0.05) is 11.1 Å². The van der Waals surface area contributed by atoms with Crippen LogP contribution in [-0.2, 0) is 0 Å². The van der Waals surface area contributed by atoms with Crippen LogP contribution in [0.1, 0.15) is 30.0 Å². The zero-order valence-electron chi connectivity index (χ0n) is 9.49. The summed E-state index contributed by atoms with van der Waals surface area (Å²) in [6.45, 7) is 4.37. The fraction of sp³-hybridized carbons (Fsp3) is 0.462. The molecule has 0 atom stereocenters. The van der Waals surface area contributed by atoms with Crippen molar-refractivity contribution in [2.45, 2.75) is 25.7 Å². The van der Waals surface area contributed by atoms with E-state index in [1.807, 2.05) is 0 Å². The number of aromatic nitrogens is 1. The van der Waals surface area contributed by atoms with Gasteiger partial charge in [-0.05, 0) is 61.8 Å². The van der Waals surface area contributed by atoms with Gasteiger partial charge in [-0.1, -0.05) is 0 Å². The summed E-state index contributed by atoms with van der Waals surface area (Å²) in [5.74, 6) is 0.736. The minimum atomic E-state index is 0.736. The predicted molar refractivity (Wildman–Crippen MR) is 69.2 cm³/mol. The second-order valence-electron chi connectivity index (χ2n) is 4.52. The Kier molecular flexibility index (Phi) is 2.65. The second-order valence-corrected chi connectivity index (χ2v) is 5.38. The average Bonchev–Trinajstić information content (AvgIpc) is 2.73. The van der Waals surface area contributed by atoms with Crippen LogP contribution in [0.25, 0.3) is 10.2 Å². The van der Waals surface area contributed by atoms with Crippen molar-refractivity contribution in [1.82, 2.24) is 10.3 Å². The number of aryl methyl sites for hydroxylation is 1. The number of nitrogens with zero attached hydrogens (tertiary/aromatic N) is 1. The van der Waals surface area contributed by atoms with Crippen LogP contribution >= 0.6 is 11.3 Å². The van der Waals surface area contributed by atoms with E-state index in [9.17, 15) is 0 Å². The van der Waals surface area contributed by atoms with Crippen LogP contribution in [0.5, 0.6) is 0 Å². The van der Waals surface area contributed by atoms with Crippen molar-refractivity contribution in [2.24, 2.45) is 0 Å². The van der Waals surface area contributed by atoms with Crippen LogP contribution in [0.3, 0.4) is 0 Å². The summed E-state index contributed by atoms with van der Waals surface area (Å²) in [7, 11) is 0. The topological polar surface area (TPSA) is 24.9 Å². The van der Waals surface area contributed by atoms with Crippen molar-refractivity contribution < 1.29 is 0 Å².